The number of nitrogens with two attached hydrogens (primary N) is 1. The molecule has 5 heterocycles. The maximum Gasteiger partial charge on any atom is 0.215 e. The van der Waals surface area contributed by atoms with E-state index in [0.29, 0.717) is 55.6 Å². The number of pyridine rings is 1. The summed E-state index contributed by atoms with van der Waals surface area (Å²) in [5, 5.41) is 20.1. The van der Waals surface area contributed by atoms with Crippen LogP contribution >= 0.6 is 0 Å². The number of benzene rings is 1. The van der Waals surface area contributed by atoms with Gasteiger partial charge in [0.05, 0.1) is 36.1 Å². The summed E-state index contributed by atoms with van der Waals surface area (Å²) in [6.07, 6.45) is 4.87. The van der Waals surface area contributed by atoms with Crippen LogP contribution in [-0.2, 0) is 23.4 Å². The van der Waals surface area contributed by atoms with E-state index >= 15 is 0 Å². The molecule has 2 aromatic rings. The fourth-order valence-electron chi connectivity index (χ4n) is 8.06. The molecule has 9 heteroatoms. The molecule has 0 unspecified atom stereocenters. The van der Waals surface area contributed by atoms with Gasteiger partial charge in [-0.3, -0.25) is 4.90 Å². The fourth-order valence-corrected chi connectivity index (χ4v) is 8.06. The van der Waals surface area contributed by atoms with Crippen LogP contribution in [-0.4, -0.2) is 65.6 Å². The van der Waals surface area contributed by atoms with Gasteiger partial charge in [0, 0.05) is 54.5 Å². The number of hydrogen-bond donors (Lipinski definition) is 2. The van der Waals surface area contributed by atoms with Crippen LogP contribution in [0.4, 0.5) is 15.8 Å². The van der Waals surface area contributed by atoms with Gasteiger partial charge in [0.25, 0.3) is 0 Å². The molecule has 1 aromatic heterocycles. The number of nitriles is 1. The van der Waals surface area contributed by atoms with Crippen LogP contribution in [0, 0.1) is 11.3 Å². The molecule has 212 valence electrons. The van der Waals surface area contributed by atoms with Crippen molar-refractivity contribution in [1.29, 1.82) is 5.26 Å². The number of fused-ring (bicyclic) bond motifs is 4. The maximum atomic E-state index is 14.4. The molecule has 8 nitrogen and oxygen atoms in total. The van der Waals surface area contributed by atoms with Crippen LogP contribution in [0.15, 0.2) is 18.2 Å². The molecule has 1 aromatic carbocycles. The third kappa shape index (κ3) is 3.91. The van der Waals surface area contributed by atoms with Crippen LogP contribution < -0.4 is 15.4 Å². The predicted octanol–water partition coefficient (Wildman–Crippen LogP) is 3.93. The molecule has 3 fully saturated rings. The minimum atomic E-state index is -0.810. The highest BCUT2D eigenvalue weighted by molar-refractivity contribution is 5.65. The van der Waals surface area contributed by atoms with Crippen molar-refractivity contribution in [2.24, 2.45) is 0 Å². The second kappa shape index (κ2) is 9.57. The number of rotatable bonds is 5. The third-order valence-corrected chi connectivity index (χ3v) is 10.4. The lowest BCUT2D eigenvalue weighted by molar-refractivity contribution is -0.0872. The van der Waals surface area contributed by atoms with Gasteiger partial charge in [0.15, 0.2) is 0 Å². The number of halogens is 1. The standard InChI is InChI=1S/C31H38FN5O3/c1-19-5-8-31(29-22(19)3-4-25(34)23(29)14-33)13-26-24(17-40-31)27(37-10-6-21(37)16-38)11-28(35-26)39-18-30-7-2-9-36(30)15-20(32)12-30/h3-4,11,19-21,38H,2,5-10,12-13,15-18,34H2,1H3/t19-,20+,21+,30-,31-/m0/s1. The topological polar surface area (TPSA) is 108 Å². The van der Waals surface area contributed by atoms with Gasteiger partial charge in [-0.1, -0.05) is 13.0 Å². The monoisotopic (exact) mass is 547 g/mol. The van der Waals surface area contributed by atoms with Gasteiger partial charge < -0.3 is 25.2 Å². The van der Waals surface area contributed by atoms with Crippen molar-refractivity contribution in [3.63, 3.8) is 0 Å². The van der Waals surface area contributed by atoms with Crippen molar-refractivity contribution in [3.8, 4) is 11.9 Å². The highest BCUT2D eigenvalue weighted by Gasteiger charge is 2.50. The van der Waals surface area contributed by atoms with Crippen molar-refractivity contribution < 1.29 is 19.0 Å². The zero-order chi connectivity index (χ0) is 27.6. The number of nitrogens with zero attached hydrogens (tertiary/aromatic N) is 4. The van der Waals surface area contributed by atoms with Crippen LogP contribution in [0.2, 0.25) is 0 Å². The summed E-state index contributed by atoms with van der Waals surface area (Å²) in [6.45, 7) is 5.31. The van der Waals surface area contributed by atoms with Crippen molar-refractivity contribution in [2.45, 2.75) is 87.7 Å². The number of alkyl halides is 1. The molecule has 0 bridgehead atoms. The lowest BCUT2D eigenvalue weighted by Crippen LogP contribution is -2.51. The SMILES string of the molecule is C[C@H]1CC[C@]2(Cc3nc(OC[C@@]45CCCN4C[C@H](F)C5)cc(N4CC[C@@H]4CO)c3CO2)c2c1ccc(N)c2C#N. The molecule has 40 heavy (non-hydrogen) atoms. The van der Waals surface area contributed by atoms with Gasteiger partial charge in [-0.15, -0.1) is 0 Å². The Hall–Kier alpha value is -2.93. The lowest BCUT2D eigenvalue weighted by atomic mass is 9.69. The quantitative estimate of drug-likeness (QED) is 0.543. The molecule has 3 saturated heterocycles. The third-order valence-electron chi connectivity index (χ3n) is 10.4. The van der Waals surface area contributed by atoms with Crippen molar-refractivity contribution >= 4 is 11.4 Å². The number of ether oxygens (including phenoxy) is 2. The number of aliphatic hydroxyl groups is 1. The Morgan fingerprint density at radius 2 is 2.17 bits per heavy atom. The Kier molecular flexibility index (Phi) is 6.22. The van der Waals surface area contributed by atoms with Crippen LogP contribution in [0.3, 0.4) is 0 Å². The van der Waals surface area contributed by atoms with Gasteiger partial charge in [0.2, 0.25) is 5.88 Å². The van der Waals surface area contributed by atoms with E-state index in [4.69, 9.17) is 20.2 Å². The summed E-state index contributed by atoms with van der Waals surface area (Å²) in [5.41, 5.74) is 11.3. The Labute approximate surface area is 234 Å². The zero-order valence-electron chi connectivity index (χ0n) is 23.2. The molecule has 4 aliphatic heterocycles. The van der Waals surface area contributed by atoms with E-state index in [0.717, 1.165) is 73.3 Å². The highest BCUT2D eigenvalue weighted by Crippen LogP contribution is 2.52. The molecular formula is C31H38FN5O3. The molecule has 0 saturated carbocycles. The normalized spacial score (nSPS) is 32.8. The first-order chi connectivity index (χ1) is 19.4. The minimum Gasteiger partial charge on any atom is -0.476 e. The number of hydrogen-bond acceptors (Lipinski definition) is 8. The summed E-state index contributed by atoms with van der Waals surface area (Å²) >= 11 is 0. The van der Waals surface area contributed by atoms with Gasteiger partial charge in [-0.05, 0) is 56.2 Å². The van der Waals surface area contributed by atoms with Crippen molar-refractivity contribution in [1.82, 2.24) is 9.88 Å². The van der Waals surface area contributed by atoms with Crippen molar-refractivity contribution in [2.75, 3.05) is 43.5 Å². The smallest absolute Gasteiger partial charge is 0.215 e. The summed E-state index contributed by atoms with van der Waals surface area (Å²) in [7, 11) is 0. The van der Waals surface area contributed by atoms with E-state index in [-0.39, 0.29) is 18.2 Å². The second-order valence-corrected chi connectivity index (χ2v) is 12.6. The second-order valence-electron chi connectivity index (χ2n) is 12.6. The fraction of sp³-hybridized carbons (Fsp3) is 0.613. The number of anilines is 2. The predicted molar refractivity (Wildman–Crippen MR) is 149 cm³/mol. The lowest BCUT2D eigenvalue weighted by Gasteiger charge is -2.47. The van der Waals surface area contributed by atoms with E-state index in [2.05, 4.69) is 22.8 Å². The Bertz CT molecular complexity index is 1380. The van der Waals surface area contributed by atoms with E-state index in [9.17, 15) is 14.8 Å². The van der Waals surface area contributed by atoms with Gasteiger partial charge >= 0.3 is 0 Å². The average Bonchev–Trinajstić information content (AvgIpc) is 3.45. The van der Waals surface area contributed by atoms with Gasteiger partial charge in [-0.2, -0.15) is 5.26 Å². The number of nitrogen functional groups attached to an aromatic ring is 1. The zero-order valence-corrected chi connectivity index (χ0v) is 23.2. The van der Waals surface area contributed by atoms with E-state index in [1.54, 1.807) is 0 Å². The molecule has 1 spiro atoms. The molecule has 1 aliphatic carbocycles. The number of aromatic nitrogens is 1. The molecule has 5 aliphatic rings. The average molecular weight is 548 g/mol. The van der Waals surface area contributed by atoms with E-state index in [1.165, 1.54) is 0 Å². The van der Waals surface area contributed by atoms with E-state index < -0.39 is 11.8 Å². The maximum absolute atomic E-state index is 14.4. The summed E-state index contributed by atoms with van der Waals surface area (Å²) < 4.78 is 27.6. The first-order valence-corrected chi connectivity index (χ1v) is 14.8. The molecule has 5 atom stereocenters. The van der Waals surface area contributed by atoms with Crippen LogP contribution in [0.1, 0.15) is 79.3 Å². The summed E-state index contributed by atoms with van der Waals surface area (Å²) in [4.78, 5) is 9.53. The number of aliphatic hydroxyl groups excluding tert-OH is 1. The first-order valence-electron chi connectivity index (χ1n) is 14.8. The van der Waals surface area contributed by atoms with Crippen LogP contribution in [0.5, 0.6) is 5.88 Å². The van der Waals surface area contributed by atoms with E-state index in [1.807, 2.05) is 18.2 Å². The molecule has 0 amide bonds. The first kappa shape index (κ1) is 26.0. The van der Waals surface area contributed by atoms with Crippen molar-refractivity contribution in [3.05, 3.63) is 46.1 Å². The molecule has 0 radical (unpaired) electrons. The molecular weight excluding hydrogens is 509 g/mol. The highest BCUT2D eigenvalue weighted by atomic mass is 19.1. The minimum absolute atomic E-state index is 0.0579. The molecule has 7 rings (SSSR count). The summed E-state index contributed by atoms with van der Waals surface area (Å²) in [5.74, 6) is 0.845. The van der Waals surface area contributed by atoms with Crippen LogP contribution in [0.25, 0.3) is 0 Å². The Morgan fingerprint density at radius 1 is 1.30 bits per heavy atom. The van der Waals surface area contributed by atoms with Gasteiger partial charge in [-0.25, -0.2) is 9.37 Å². The Morgan fingerprint density at radius 3 is 2.95 bits per heavy atom. The summed E-state index contributed by atoms with van der Waals surface area (Å²) in [6, 6.07) is 8.29. The molecule has 3 N–H and O–H groups in total. The Balaban J connectivity index is 1.27. The largest absolute Gasteiger partial charge is 0.476 e. The van der Waals surface area contributed by atoms with Gasteiger partial charge in [0.1, 0.15) is 24.4 Å².